The standard InChI is InChI=1S/C9H15NOS2/c1-6-7(11)10(8(12)13-6)5-9(2,3)4/h6H,5H2,1-4H3. The molecule has 0 saturated carbocycles. The van der Waals surface area contributed by atoms with Gasteiger partial charge >= 0.3 is 0 Å². The summed E-state index contributed by atoms with van der Waals surface area (Å²) >= 11 is 6.62. The van der Waals surface area contributed by atoms with Crippen molar-refractivity contribution in [1.82, 2.24) is 4.90 Å². The van der Waals surface area contributed by atoms with Crippen LogP contribution in [0.1, 0.15) is 27.7 Å². The number of carbonyl (C=O) groups excluding carboxylic acids is 1. The van der Waals surface area contributed by atoms with E-state index in [4.69, 9.17) is 12.2 Å². The van der Waals surface area contributed by atoms with E-state index in [0.717, 1.165) is 10.9 Å². The minimum absolute atomic E-state index is 0.00912. The van der Waals surface area contributed by atoms with Crippen LogP contribution in [0.25, 0.3) is 0 Å². The zero-order chi connectivity index (χ0) is 10.2. The highest BCUT2D eigenvalue weighted by Crippen LogP contribution is 2.29. The third-order valence-electron chi connectivity index (χ3n) is 1.74. The molecule has 1 amide bonds. The van der Waals surface area contributed by atoms with Gasteiger partial charge in [0.15, 0.2) is 0 Å². The first-order valence-corrected chi connectivity index (χ1v) is 5.62. The molecule has 1 saturated heterocycles. The van der Waals surface area contributed by atoms with Gasteiger partial charge in [0.2, 0.25) is 5.91 Å². The van der Waals surface area contributed by atoms with Gasteiger partial charge < -0.3 is 0 Å². The molecule has 74 valence electrons. The highest BCUT2D eigenvalue weighted by Gasteiger charge is 2.35. The maximum atomic E-state index is 11.6. The summed E-state index contributed by atoms with van der Waals surface area (Å²) in [5.41, 5.74) is 0.115. The minimum atomic E-state index is 0.00912. The monoisotopic (exact) mass is 217 g/mol. The number of nitrogens with zero attached hydrogens (tertiary/aromatic N) is 1. The molecule has 1 heterocycles. The fourth-order valence-corrected chi connectivity index (χ4v) is 2.59. The Kier molecular flexibility index (Phi) is 3.02. The second kappa shape index (κ2) is 3.58. The molecule has 13 heavy (non-hydrogen) atoms. The molecular formula is C9H15NOS2. The molecule has 0 aliphatic carbocycles. The smallest absolute Gasteiger partial charge is 0.241 e. The predicted molar refractivity (Wildman–Crippen MR) is 60.8 cm³/mol. The van der Waals surface area contributed by atoms with Crippen molar-refractivity contribution in [3.63, 3.8) is 0 Å². The summed E-state index contributed by atoms with van der Waals surface area (Å²) in [6.07, 6.45) is 0. The van der Waals surface area contributed by atoms with Crippen LogP contribution in [0.3, 0.4) is 0 Å². The van der Waals surface area contributed by atoms with Crippen LogP contribution in [-0.4, -0.2) is 26.9 Å². The van der Waals surface area contributed by atoms with Gasteiger partial charge in [-0.3, -0.25) is 9.69 Å². The van der Waals surface area contributed by atoms with E-state index in [1.165, 1.54) is 11.8 Å². The lowest BCUT2D eigenvalue weighted by Gasteiger charge is -2.25. The van der Waals surface area contributed by atoms with Crippen molar-refractivity contribution in [2.75, 3.05) is 6.54 Å². The molecule has 2 nitrogen and oxygen atoms in total. The van der Waals surface area contributed by atoms with Gasteiger partial charge in [-0.2, -0.15) is 0 Å². The van der Waals surface area contributed by atoms with Gasteiger partial charge in [-0.05, 0) is 12.3 Å². The summed E-state index contributed by atoms with van der Waals surface area (Å²) in [7, 11) is 0. The molecule has 0 radical (unpaired) electrons. The van der Waals surface area contributed by atoms with Gasteiger partial charge in [-0.15, -0.1) is 0 Å². The average molecular weight is 217 g/mol. The highest BCUT2D eigenvalue weighted by molar-refractivity contribution is 8.24. The molecule has 1 rings (SSSR count). The molecule has 1 unspecified atom stereocenters. The number of hydrogen-bond acceptors (Lipinski definition) is 3. The molecule has 1 aliphatic heterocycles. The topological polar surface area (TPSA) is 20.3 Å². The van der Waals surface area contributed by atoms with Crippen LogP contribution >= 0.6 is 24.0 Å². The van der Waals surface area contributed by atoms with Crippen molar-refractivity contribution in [2.45, 2.75) is 32.9 Å². The highest BCUT2D eigenvalue weighted by atomic mass is 32.2. The third-order valence-corrected chi connectivity index (χ3v) is 3.23. The largest absolute Gasteiger partial charge is 0.296 e. The number of hydrogen-bond donors (Lipinski definition) is 0. The van der Waals surface area contributed by atoms with Crippen LogP contribution in [0.2, 0.25) is 0 Å². The Balaban J connectivity index is 2.70. The summed E-state index contributed by atoms with van der Waals surface area (Å²) in [4.78, 5) is 13.3. The Morgan fingerprint density at radius 2 is 2.08 bits per heavy atom. The number of rotatable bonds is 1. The molecule has 0 aromatic heterocycles. The second-order valence-electron chi connectivity index (χ2n) is 4.51. The molecule has 1 aliphatic rings. The normalized spacial score (nSPS) is 24.3. The van der Waals surface area contributed by atoms with Crippen molar-refractivity contribution < 1.29 is 4.79 Å². The Labute approximate surface area is 89.1 Å². The van der Waals surface area contributed by atoms with Gasteiger partial charge in [0.05, 0.1) is 5.25 Å². The van der Waals surface area contributed by atoms with E-state index in [9.17, 15) is 4.79 Å². The zero-order valence-electron chi connectivity index (χ0n) is 8.46. The zero-order valence-corrected chi connectivity index (χ0v) is 10.1. The Morgan fingerprint density at radius 1 is 1.54 bits per heavy atom. The molecular weight excluding hydrogens is 202 g/mol. The van der Waals surface area contributed by atoms with E-state index in [-0.39, 0.29) is 16.6 Å². The van der Waals surface area contributed by atoms with E-state index in [1.54, 1.807) is 4.90 Å². The van der Waals surface area contributed by atoms with Crippen LogP contribution in [0.5, 0.6) is 0 Å². The van der Waals surface area contributed by atoms with Crippen LogP contribution in [0.4, 0.5) is 0 Å². The van der Waals surface area contributed by atoms with Gasteiger partial charge in [0.25, 0.3) is 0 Å². The molecule has 1 atom stereocenters. The Hall–Kier alpha value is -0.0900. The van der Waals surface area contributed by atoms with Crippen LogP contribution in [0.15, 0.2) is 0 Å². The first-order chi connectivity index (χ1) is 5.81. The maximum Gasteiger partial charge on any atom is 0.241 e. The molecule has 1 fully saturated rings. The van der Waals surface area contributed by atoms with Gasteiger partial charge in [-0.1, -0.05) is 44.8 Å². The quantitative estimate of drug-likeness (QED) is 0.629. The van der Waals surface area contributed by atoms with E-state index < -0.39 is 0 Å². The van der Waals surface area contributed by atoms with Gasteiger partial charge in [-0.25, -0.2) is 0 Å². The minimum Gasteiger partial charge on any atom is -0.296 e. The predicted octanol–water partition coefficient (Wildman–Crippen LogP) is 2.28. The first kappa shape index (κ1) is 11.0. The van der Waals surface area contributed by atoms with Gasteiger partial charge in [0, 0.05) is 6.54 Å². The average Bonchev–Trinajstić information content (AvgIpc) is 2.14. The number of carbonyl (C=O) groups is 1. The molecule has 0 aromatic rings. The lowest BCUT2D eigenvalue weighted by molar-refractivity contribution is -0.126. The number of amides is 1. The van der Waals surface area contributed by atoms with E-state index >= 15 is 0 Å². The molecule has 0 N–H and O–H groups in total. The van der Waals surface area contributed by atoms with E-state index in [2.05, 4.69) is 20.8 Å². The van der Waals surface area contributed by atoms with Crippen molar-refractivity contribution in [2.24, 2.45) is 5.41 Å². The lowest BCUT2D eigenvalue weighted by Crippen LogP contribution is -2.37. The fraction of sp³-hybridized carbons (Fsp3) is 0.778. The number of thiocarbonyl (C=S) groups is 1. The summed E-state index contributed by atoms with van der Waals surface area (Å²) in [6.45, 7) is 8.95. The van der Waals surface area contributed by atoms with E-state index in [1.807, 2.05) is 6.92 Å². The van der Waals surface area contributed by atoms with Crippen molar-refractivity contribution in [3.8, 4) is 0 Å². The molecule has 0 bridgehead atoms. The summed E-state index contributed by atoms with van der Waals surface area (Å²) in [6, 6.07) is 0. The van der Waals surface area contributed by atoms with Crippen molar-refractivity contribution >= 4 is 34.2 Å². The summed E-state index contributed by atoms with van der Waals surface area (Å²) in [5, 5.41) is 0.00912. The molecule has 0 aromatic carbocycles. The van der Waals surface area contributed by atoms with Crippen LogP contribution in [-0.2, 0) is 4.79 Å². The first-order valence-electron chi connectivity index (χ1n) is 4.33. The Bertz CT molecular complexity index is 244. The van der Waals surface area contributed by atoms with Crippen LogP contribution in [0, 0.1) is 5.41 Å². The van der Waals surface area contributed by atoms with Gasteiger partial charge in [0.1, 0.15) is 4.32 Å². The fourth-order valence-electron chi connectivity index (χ4n) is 1.19. The summed E-state index contributed by atoms with van der Waals surface area (Å²) in [5.74, 6) is 0.157. The molecule has 0 spiro atoms. The van der Waals surface area contributed by atoms with Crippen molar-refractivity contribution in [1.29, 1.82) is 0 Å². The van der Waals surface area contributed by atoms with Crippen LogP contribution < -0.4 is 0 Å². The second-order valence-corrected chi connectivity index (χ2v) is 6.49. The van der Waals surface area contributed by atoms with E-state index in [0.29, 0.717) is 0 Å². The third kappa shape index (κ3) is 2.68. The maximum absolute atomic E-state index is 11.6. The number of thioether (sulfide) groups is 1. The summed E-state index contributed by atoms with van der Waals surface area (Å²) < 4.78 is 0.729. The SMILES string of the molecule is CC1SC(=S)N(CC(C)(C)C)C1=O. The van der Waals surface area contributed by atoms with Crippen molar-refractivity contribution in [3.05, 3.63) is 0 Å². The molecule has 4 heteroatoms. The lowest BCUT2D eigenvalue weighted by atomic mass is 9.96. The Morgan fingerprint density at radius 3 is 2.38 bits per heavy atom.